The van der Waals surface area contributed by atoms with E-state index in [1.807, 2.05) is 32.9 Å². The van der Waals surface area contributed by atoms with E-state index in [4.69, 9.17) is 4.52 Å². The van der Waals surface area contributed by atoms with Crippen molar-refractivity contribution in [2.45, 2.75) is 33.3 Å². The van der Waals surface area contributed by atoms with Gasteiger partial charge in [0.25, 0.3) is 0 Å². The van der Waals surface area contributed by atoms with Crippen LogP contribution in [0.4, 0.5) is 0 Å². The van der Waals surface area contributed by atoms with Crippen LogP contribution < -0.4 is 0 Å². The largest absolute Gasteiger partial charge is 0.392 e. The molecule has 98 valence electrons. The first kappa shape index (κ1) is 13.7. The lowest BCUT2D eigenvalue weighted by molar-refractivity contribution is 0.0565. The van der Waals surface area contributed by atoms with Crippen molar-refractivity contribution in [1.82, 2.24) is 10.1 Å². The Kier molecular flexibility index (Phi) is 3.89. The molecule has 2 aromatic heterocycles. The molecule has 0 bridgehead atoms. The third kappa shape index (κ3) is 3.18. The molecule has 0 aliphatic carbocycles. The van der Waals surface area contributed by atoms with Gasteiger partial charge in [0.2, 0.25) is 11.7 Å². The molecule has 0 aromatic carbocycles. The number of halogens is 1. The lowest BCUT2D eigenvalue weighted by atomic mass is 9.87. The summed E-state index contributed by atoms with van der Waals surface area (Å²) in [5, 5.41) is 13.9. The van der Waals surface area contributed by atoms with E-state index in [2.05, 4.69) is 26.1 Å². The number of thiophene rings is 1. The Balaban J connectivity index is 2.12. The zero-order valence-corrected chi connectivity index (χ0v) is 12.9. The lowest BCUT2D eigenvalue weighted by Crippen LogP contribution is -2.28. The molecule has 18 heavy (non-hydrogen) atoms. The van der Waals surface area contributed by atoms with Crippen LogP contribution in [0.2, 0.25) is 0 Å². The number of rotatable bonds is 3. The minimum absolute atomic E-state index is 0.194. The van der Waals surface area contributed by atoms with Gasteiger partial charge in [0, 0.05) is 0 Å². The average molecular weight is 331 g/mol. The Morgan fingerprint density at radius 2 is 2.17 bits per heavy atom. The standard InChI is InChI=1S/C12H15BrN2O2S/c1-12(2,3)8(16)6-10-14-11(15-17-10)7-4-5-9(13)18-7/h4-5,8,16H,6H2,1-3H3. The van der Waals surface area contributed by atoms with Crippen LogP contribution in [-0.4, -0.2) is 21.4 Å². The Hall–Kier alpha value is -0.720. The molecule has 2 rings (SSSR count). The van der Waals surface area contributed by atoms with Gasteiger partial charge < -0.3 is 9.63 Å². The van der Waals surface area contributed by atoms with Gasteiger partial charge in [-0.3, -0.25) is 0 Å². The maximum absolute atomic E-state index is 9.99. The van der Waals surface area contributed by atoms with Gasteiger partial charge in [0.1, 0.15) is 0 Å². The van der Waals surface area contributed by atoms with Crippen molar-refractivity contribution in [2.75, 3.05) is 0 Å². The predicted molar refractivity (Wildman–Crippen MR) is 74.5 cm³/mol. The number of aliphatic hydroxyl groups excluding tert-OH is 1. The highest BCUT2D eigenvalue weighted by atomic mass is 79.9. The SMILES string of the molecule is CC(C)(C)C(O)Cc1nc(-c2ccc(Br)s2)no1. The van der Waals surface area contributed by atoms with E-state index < -0.39 is 6.10 Å². The fourth-order valence-corrected chi connectivity index (χ4v) is 2.66. The molecular formula is C12H15BrN2O2S. The quantitative estimate of drug-likeness (QED) is 0.935. The molecule has 1 N–H and O–H groups in total. The van der Waals surface area contributed by atoms with Crippen molar-refractivity contribution >= 4 is 27.3 Å². The van der Waals surface area contributed by atoms with Crippen LogP contribution in [0.25, 0.3) is 10.7 Å². The van der Waals surface area contributed by atoms with E-state index >= 15 is 0 Å². The van der Waals surface area contributed by atoms with E-state index in [1.54, 1.807) is 11.3 Å². The molecule has 0 aliphatic heterocycles. The Morgan fingerprint density at radius 1 is 1.44 bits per heavy atom. The zero-order valence-electron chi connectivity index (χ0n) is 10.5. The Morgan fingerprint density at radius 3 is 2.72 bits per heavy atom. The fraction of sp³-hybridized carbons (Fsp3) is 0.500. The molecule has 0 radical (unpaired) electrons. The van der Waals surface area contributed by atoms with Crippen LogP contribution in [0.1, 0.15) is 26.7 Å². The van der Waals surface area contributed by atoms with Gasteiger partial charge in [-0.05, 0) is 33.5 Å². The van der Waals surface area contributed by atoms with E-state index in [0.29, 0.717) is 18.1 Å². The molecule has 0 saturated carbocycles. The van der Waals surface area contributed by atoms with Crippen molar-refractivity contribution in [1.29, 1.82) is 0 Å². The molecular weight excluding hydrogens is 316 g/mol. The lowest BCUT2D eigenvalue weighted by Gasteiger charge is -2.24. The number of nitrogens with zero attached hydrogens (tertiary/aromatic N) is 2. The van der Waals surface area contributed by atoms with Crippen molar-refractivity contribution < 1.29 is 9.63 Å². The summed E-state index contributed by atoms with van der Waals surface area (Å²) in [4.78, 5) is 5.25. The minimum Gasteiger partial charge on any atom is -0.392 e. The van der Waals surface area contributed by atoms with Crippen LogP contribution >= 0.6 is 27.3 Å². The molecule has 0 saturated heterocycles. The first-order valence-corrected chi connectivity index (χ1v) is 7.23. The van der Waals surface area contributed by atoms with Crippen LogP contribution in [0.5, 0.6) is 0 Å². The number of aliphatic hydroxyl groups is 1. The summed E-state index contributed by atoms with van der Waals surface area (Å²) >= 11 is 4.94. The maximum Gasteiger partial charge on any atom is 0.229 e. The molecule has 0 amide bonds. The highest BCUT2D eigenvalue weighted by molar-refractivity contribution is 9.11. The molecule has 0 aliphatic rings. The first-order valence-electron chi connectivity index (χ1n) is 5.62. The summed E-state index contributed by atoms with van der Waals surface area (Å²) in [6.07, 6.45) is -0.121. The normalized spacial score (nSPS) is 13.8. The topological polar surface area (TPSA) is 59.2 Å². The van der Waals surface area contributed by atoms with Gasteiger partial charge in [0.15, 0.2) is 0 Å². The third-order valence-corrected chi connectivity index (χ3v) is 4.25. The van der Waals surface area contributed by atoms with Gasteiger partial charge in [0.05, 0.1) is 21.2 Å². The Bertz CT molecular complexity index is 530. The first-order chi connectivity index (χ1) is 8.36. The van der Waals surface area contributed by atoms with Crippen LogP contribution in [0, 0.1) is 5.41 Å². The maximum atomic E-state index is 9.99. The number of hydrogen-bond donors (Lipinski definition) is 1. The molecule has 0 spiro atoms. The smallest absolute Gasteiger partial charge is 0.229 e. The summed E-state index contributed by atoms with van der Waals surface area (Å²) in [7, 11) is 0. The summed E-state index contributed by atoms with van der Waals surface area (Å²) in [5.74, 6) is 1.04. The number of aromatic nitrogens is 2. The molecule has 0 fully saturated rings. The molecule has 6 heteroatoms. The van der Waals surface area contributed by atoms with Crippen molar-refractivity contribution in [3.63, 3.8) is 0 Å². The van der Waals surface area contributed by atoms with E-state index in [1.165, 1.54) is 0 Å². The average Bonchev–Trinajstić information content (AvgIpc) is 2.85. The Labute approximate surface area is 118 Å². The second-order valence-electron chi connectivity index (χ2n) is 5.20. The minimum atomic E-state index is -0.499. The summed E-state index contributed by atoms with van der Waals surface area (Å²) in [5.41, 5.74) is -0.194. The molecule has 1 atom stereocenters. The van der Waals surface area contributed by atoms with E-state index in [-0.39, 0.29) is 5.41 Å². The molecule has 2 heterocycles. The number of hydrogen-bond acceptors (Lipinski definition) is 5. The fourth-order valence-electron chi connectivity index (χ4n) is 1.34. The van der Waals surface area contributed by atoms with Crippen molar-refractivity contribution in [2.24, 2.45) is 5.41 Å². The molecule has 2 aromatic rings. The van der Waals surface area contributed by atoms with Gasteiger partial charge in [-0.1, -0.05) is 25.9 Å². The molecule has 4 nitrogen and oxygen atoms in total. The molecule has 1 unspecified atom stereocenters. The second kappa shape index (κ2) is 5.11. The monoisotopic (exact) mass is 330 g/mol. The summed E-state index contributed by atoms with van der Waals surface area (Å²) < 4.78 is 6.19. The van der Waals surface area contributed by atoms with Gasteiger partial charge in [-0.15, -0.1) is 11.3 Å². The van der Waals surface area contributed by atoms with Crippen LogP contribution in [0.15, 0.2) is 20.4 Å². The van der Waals surface area contributed by atoms with Crippen LogP contribution in [0.3, 0.4) is 0 Å². The van der Waals surface area contributed by atoms with E-state index in [9.17, 15) is 5.11 Å². The summed E-state index contributed by atoms with van der Waals surface area (Å²) in [6.45, 7) is 5.93. The van der Waals surface area contributed by atoms with Crippen molar-refractivity contribution in [3.05, 3.63) is 21.8 Å². The predicted octanol–water partition coefficient (Wildman–Crippen LogP) is 3.51. The third-order valence-electron chi connectivity index (χ3n) is 2.63. The highest BCUT2D eigenvalue weighted by Crippen LogP contribution is 2.30. The zero-order chi connectivity index (χ0) is 13.3. The van der Waals surface area contributed by atoms with E-state index in [0.717, 1.165) is 8.66 Å². The summed E-state index contributed by atoms with van der Waals surface area (Å²) in [6, 6.07) is 3.88. The van der Waals surface area contributed by atoms with Gasteiger partial charge >= 0.3 is 0 Å². The highest BCUT2D eigenvalue weighted by Gasteiger charge is 2.25. The van der Waals surface area contributed by atoms with Gasteiger partial charge in [-0.25, -0.2) is 0 Å². The van der Waals surface area contributed by atoms with Crippen LogP contribution in [-0.2, 0) is 6.42 Å². The van der Waals surface area contributed by atoms with Crippen molar-refractivity contribution in [3.8, 4) is 10.7 Å². The second-order valence-corrected chi connectivity index (χ2v) is 7.66. The van der Waals surface area contributed by atoms with Gasteiger partial charge in [-0.2, -0.15) is 4.98 Å².